The summed E-state index contributed by atoms with van der Waals surface area (Å²) in [6.45, 7) is 4.70. The van der Waals surface area contributed by atoms with Gasteiger partial charge in [0.05, 0.1) is 22.1 Å². The van der Waals surface area contributed by atoms with Gasteiger partial charge in [0, 0.05) is 38.3 Å². The van der Waals surface area contributed by atoms with Crippen molar-refractivity contribution in [2.24, 2.45) is 0 Å². The molecule has 0 saturated heterocycles. The molecule has 24 aromatic carbocycles. The van der Waals surface area contributed by atoms with Crippen molar-refractivity contribution in [1.82, 2.24) is 9.13 Å². The summed E-state index contributed by atoms with van der Waals surface area (Å²) < 4.78 is 4.75. The largest absolute Gasteiger partial charge is 0.309 e. The molecule has 0 saturated carbocycles. The fourth-order valence-electron chi connectivity index (χ4n) is 23.7. The zero-order chi connectivity index (χ0) is 88.8. The fraction of sp³-hybridized carbons (Fsp3) is 0.0226. The monoisotopic (exact) mass is 1710 g/mol. The highest BCUT2D eigenvalue weighted by molar-refractivity contribution is 6.29. The van der Waals surface area contributed by atoms with Crippen molar-refractivity contribution < 1.29 is 0 Å². The van der Waals surface area contributed by atoms with Crippen molar-refractivity contribution in [3.63, 3.8) is 0 Å². The van der Waals surface area contributed by atoms with Crippen LogP contribution in [0.2, 0.25) is 0 Å². The van der Waals surface area contributed by atoms with E-state index in [9.17, 15) is 0 Å². The molecule has 2 aromatic heterocycles. The Morgan fingerprint density at radius 2 is 0.452 bits per heavy atom. The second-order valence-corrected chi connectivity index (χ2v) is 37.6. The number of hydrogen-bond acceptors (Lipinski definition) is 0. The van der Waals surface area contributed by atoms with Gasteiger partial charge < -0.3 is 9.13 Å². The van der Waals surface area contributed by atoms with Crippen LogP contribution in [0.3, 0.4) is 0 Å². The minimum Gasteiger partial charge on any atom is -0.309 e. The Balaban J connectivity index is 0.000000101. The number of aromatic nitrogens is 2. The van der Waals surface area contributed by atoms with Crippen LogP contribution in [0.1, 0.15) is 25.0 Å². The maximum atomic E-state index is 2.44. The van der Waals surface area contributed by atoms with Crippen LogP contribution in [0.25, 0.3) is 275 Å². The van der Waals surface area contributed by atoms with E-state index in [1.807, 2.05) is 0 Å². The molecule has 0 radical (unpaired) electrons. The highest BCUT2D eigenvalue weighted by Gasteiger charge is 2.36. The molecule has 0 bridgehead atoms. The van der Waals surface area contributed by atoms with Crippen molar-refractivity contribution in [3.8, 4) is 156 Å². The summed E-state index contributed by atoms with van der Waals surface area (Å²) >= 11 is 0. The third-order valence-corrected chi connectivity index (χ3v) is 30.0. The van der Waals surface area contributed by atoms with Crippen LogP contribution in [-0.4, -0.2) is 9.13 Å². The van der Waals surface area contributed by atoms with E-state index in [0.717, 1.165) is 0 Å². The average molecular weight is 1710 g/mol. The Hall–Kier alpha value is -17.3. The smallest absolute Gasteiger partial charge is 0.0541 e. The predicted octanol–water partition coefficient (Wildman–Crippen LogP) is 36.6. The maximum Gasteiger partial charge on any atom is 0.0541 e. The summed E-state index contributed by atoms with van der Waals surface area (Å²) in [7, 11) is 0. The molecule has 0 atom stereocenters. The normalized spacial score (nSPS) is 12.6. The van der Waals surface area contributed by atoms with Crippen LogP contribution in [-0.2, 0) is 5.41 Å². The molecule has 626 valence electrons. The van der Waals surface area contributed by atoms with Gasteiger partial charge in [0.25, 0.3) is 0 Å². The topological polar surface area (TPSA) is 9.86 Å². The summed E-state index contributed by atoms with van der Waals surface area (Å²) in [5.41, 5.74) is 43.7. The molecule has 0 fully saturated rings. The number of nitrogens with zero attached hydrogens (tertiary/aromatic N) is 2. The van der Waals surface area contributed by atoms with E-state index in [0.29, 0.717) is 0 Å². The lowest BCUT2D eigenvalue weighted by Gasteiger charge is -2.22. The van der Waals surface area contributed by atoms with Crippen LogP contribution in [0.5, 0.6) is 0 Å². The van der Waals surface area contributed by atoms with E-state index < -0.39 is 0 Å². The van der Waals surface area contributed by atoms with Crippen molar-refractivity contribution in [3.05, 3.63) is 484 Å². The molecule has 4 aliphatic carbocycles. The van der Waals surface area contributed by atoms with Gasteiger partial charge in [-0.25, -0.2) is 0 Å². The van der Waals surface area contributed by atoms with Crippen molar-refractivity contribution in [2.45, 2.75) is 19.3 Å². The Morgan fingerprint density at radius 1 is 0.141 bits per heavy atom. The quantitative estimate of drug-likeness (QED) is 0.134. The molecule has 2 nitrogen and oxygen atoms in total. The molecular weight excluding hydrogens is 1630 g/mol. The summed E-state index contributed by atoms with van der Waals surface area (Å²) in [6.07, 6.45) is 0. The molecule has 2 heteroatoms. The van der Waals surface area contributed by atoms with Crippen LogP contribution in [0, 0.1) is 0 Å². The number of rotatable bonds is 8. The predicted molar refractivity (Wildman–Crippen MR) is 574 cm³/mol. The van der Waals surface area contributed by atoms with E-state index in [1.165, 1.54) is 286 Å². The van der Waals surface area contributed by atoms with Crippen LogP contribution >= 0.6 is 0 Å². The average Bonchev–Trinajstić information content (AvgIpc) is 1.60. The maximum absolute atomic E-state index is 2.44. The first-order valence-electron chi connectivity index (χ1n) is 47.1. The second kappa shape index (κ2) is 29.9. The Kier molecular flexibility index (Phi) is 16.9. The molecule has 30 rings (SSSR count). The van der Waals surface area contributed by atoms with Gasteiger partial charge in [-0.05, 0) is 353 Å². The first-order valence-corrected chi connectivity index (χ1v) is 47.1. The van der Waals surface area contributed by atoms with Gasteiger partial charge in [-0.3, -0.25) is 0 Å². The van der Waals surface area contributed by atoms with Crippen molar-refractivity contribution >= 4 is 119 Å². The lowest BCUT2D eigenvalue weighted by molar-refractivity contribution is 0.660. The summed E-state index contributed by atoms with van der Waals surface area (Å²) in [5, 5.41) is 23.7. The van der Waals surface area contributed by atoms with E-state index >= 15 is 0 Å². The van der Waals surface area contributed by atoms with E-state index in [1.54, 1.807) is 0 Å². The lowest BCUT2D eigenvalue weighted by atomic mass is 9.81. The van der Waals surface area contributed by atoms with Gasteiger partial charge in [0.15, 0.2) is 0 Å². The molecule has 4 aliphatic rings. The third kappa shape index (κ3) is 11.9. The van der Waals surface area contributed by atoms with Gasteiger partial charge in [-0.1, -0.05) is 366 Å². The second-order valence-electron chi connectivity index (χ2n) is 37.6. The van der Waals surface area contributed by atoms with E-state index in [-0.39, 0.29) is 5.41 Å². The van der Waals surface area contributed by atoms with Gasteiger partial charge >= 0.3 is 0 Å². The van der Waals surface area contributed by atoms with Gasteiger partial charge in [0.2, 0.25) is 0 Å². The Bertz CT molecular complexity index is 9590. The standard InChI is InChI=1S/C48H29N.C44H27N.C41H28/c1-2-13-35(14-3-1)49-46-19-7-6-16-39(46)44-28-34(22-25-47(44)49)32-12-8-11-31(26-32)33-21-24-37-40-17-9-18-41-38-23-20-30-10-4-5-15-36(30)43(38)29-45(48(40)41)42(37)27-33;1-2-13-33(14-3-1)45-42-19-7-6-16-36(42)40-26-31(21-23-43(40)45)29-12-8-11-28(24-29)30-20-22-35-38-18-9-17-37-34-15-5-4-10-32(34)27-41(44(37)38)39(35)25-30;1-41(2)38-16-6-5-13-32(38)33-20-18-28(24-39(33)41)26-11-7-10-25(21-26)27-17-19-31-35-15-8-14-34-30-12-4-3-9-29(30)23-37(40(34)35)36(31)22-27/h1-29H;1-27H;3-24H,1-2H3. The molecule has 26 aromatic rings. The highest BCUT2D eigenvalue weighted by atomic mass is 15.0. The summed E-state index contributed by atoms with van der Waals surface area (Å²) in [6, 6.07) is 175. The Labute approximate surface area is 782 Å². The first-order chi connectivity index (χ1) is 66.7. The number of para-hydroxylation sites is 4. The molecule has 135 heavy (non-hydrogen) atoms. The fourth-order valence-corrected chi connectivity index (χ4v) is 23.7. The van der Waals surface area contributed by atoms with E-state index in [4.69, 9.17) is 0 Å². The number of hydrogen-bond donors (Lipinski definition) is 0. The number of fused-ring (bicyclic) bond motifs is 26. The molecule has 0 unspecified atom stereocenters. The number of benzene rings is 24. The van der Waals surface area contributed by atoms with Gasteiger partial charge in [-0.15, -0.1) is 0 Å². The van der Waals surface area contributed by atoms with Crippen LogP contribution in [0.4, 0.5) is 0 Å². The van der Waals surface area contributed by atoms with Crippen molar-refractivity contribution in [1.29, 1.82) is 0 Å². The third-order valence-electron chi connectivity index (χ3n) is 30.0. The lowest BCUT2D eigenvalue weighted by Crippen LogP contribution is -2.14. The Morgan fingerprint density at radius 3 is 0.911 bits per heavy atom. The van der Waals surface area contributed by atoms with Gasteiger partial charge in [0.1, 0.15) is 0 Å². The molecule has 0 amide bonds. The molecule has 0 N–H and O–H groups in total. The molecule has 0 aliphatic heterocycles. The molecule has 2 heterocycles. The molecular formula is C133H84N2. The molecule has 0 spiro atoms. The van der Waals surface area contributed by atoms with E-state index in [2.05, 4.69) is 496 Å². The zero-order valence-electron chi connectivity index (χ0n) is 74.4. The highest BCUT2D eigenvalue weighted by Crippen LogP contribution is 2.57. The zero-order valence-corrected chi connectivity index (χ0v) is 74.4. The minimum absolute atomic E-state index is 0.000270. The minimum atomic E-state index is -0.000270. The van der Waals surface area contributed by atoms with Crippen molar-refractivity contribution in [2.75, 3.05) is 0 Å². The summed E-state index contributed by atoms with van der Waals surface area (Å²) in [5.74, 6) is 0. The van der Waals surface area contributed by atoms with Crippen LogP contribution in [0.15, 0.2) is 473 Å². The summed E-state index contributed by atoms with van der Waals surface area (Å²) in [4.78, 5) is 0. The SMILES string of the molecule is CC1(C)c2ccccc2-c2ccc(-c3cccc(-c4ccc5c(c4)-c4cc6ccccc6c6cccc-5c46)c3)cc21.c1ccc(-n2c3ccccc3c3cc(-c4cccc(-c5ccc6c(c5)-c5cc7c8ccccc8ccc7c7cccc-6c57)c4)ccc32)cc1.c1ccc(-n2c3ccccc3c3cc(-c4cccc(-c5ccc6c(c5)-c5cc7ccccc7c7cccc-6c57)c4)ccc32)cc1. The van der Waals surface area contributed by atoms with Gasteiger partial charge in [-0.2, -0.15) is 0 Å². The van der Waals surface area contributed by atoms with Crippen LogP contribution < -0.4 is 0 Å². The first kappa shape index (κ1) is 76.6.